The van der Waals surface area contributed by atoms with Crippen LogP contribution in [0.4, 0.5) is 4.39 Å². The van der Waals surface area contributed by atoms with Gasteiger partial charge in [0.25, 0.3) is 0 Å². The number of carbonyl (C=O) groups excluding carboxylic acids is 2. The summed E-state index contributed by atoms with van der Waals surface area (Å²) < 4.78 is 13.5. The molecule has 2 rings (SSSR count). The molecule has 1 aromatic rings. The molecule has 0 bridgehead atoms. The van der Waals surface area contributed by atoms with Gasteiger partial charge in [-0.2, -0.15) is 0 Å². The average Bonchev–Trinajstić information content (AvgIpc) is 2.42. The first-order valence-corrected chi connectivity index (χ1v) is 7.03. The maximum atomic E-state index is 13.5. The Labute approximate surface area is 115 Å². The molecule has 19 heavy (non-hydrogen) atoms. The number of hydrogen-bond donors (Lipinski definition) is 2. The topological polar surface area (TPSA) is 58.2 Å². The molecule has 0 aliphatic carbocycles. The SMILES string of the molecule is CNC(=O)[C@@H]1CS[C@H](Cc2ccccc2F)C(=O)N1. The predicted molar refractivity (Wildman–Crippen MR) is 72.3 cm³/mol. The molecular formula is C13H15FN2O2S. The fourth-order valence-electron chi connectivity index (χ4n) is 1.93. The standard InChI is InChI=1S/C13H15FN2O2S/c1-15-12(17)10-7-19-11(13(18)16-10)6-8-4-2-3-5-9(8)14/h2-5,10-11H,6-7H2,1H3,(H,15,17)(H,16,18)/t10-,11+/m0/s1. The van der Waals surface area contributed by atoms with Crippen LogP contribution in [0.1, 0.15) is 5.56 Å². The molecule has 1 heterocycles. The molecule has 2 N–H and O–H groups in total. The van der Waals surface area contributed by atoms with Gasteiger partial charge in [0.15, 0.2) is 0 Å². The first kappa shape index (κ1) is 13.9. The minimum atomic E-state index is -0.501. The van der Waals surface area contributed by atoms with Gasteiger partial charge in [0, 0.05) is 12.8 Å². The lowest BCUT2D eigenvalue weighted by atomic mass is 10.1. The molecule has 0 unspecified atom stereocenters. The summed E-state index contributed by atoms with van der Waals surface area (Å²) in [6.07, 6.45) is 0.337. The number of hydrogen-bond acceptors (Lipinski definition) is 3. The molecule has 1 aromatic carbocycles. The van der Waals surface area contributed by atoms with Gasteiger partial charge in [0.05, 0.1) is 5.25 Å². The fourth-order valence-corrected chi connectivity index (χ4v) is 3.10. The van der Waals surface area contributed by atoms with Crippen LogP contribution < -0.4 is 10.6 Å². The van der Waals surface area contributed by atoms with Gasteiger partial charge in [-0.1, -0.05) is 18.2 Å². The summed E-state index contributed by atoms with van der Waals surface area (Å²) in [5, 5.41) is 4.82. The van der Waals surface area contributed by atoms with E-state index in [9.17, 15) is 14.0 Å². The van der Waals surface area contributed by atoms with Crippen molar-refractivity contribution in [3.8, 4) is 0 Å². The Morgan fingerprint density at radius 2 is 2.26 bits per heavy atom. The van der Waals surface area contributed by atoms with E-state index < -0.39 is 6.04 Å². The van der Waals surface area contributed by atoms with Crippen molar-refractivity contribution < 1.29 is 14.0 Å². The highest BCUT2D eigenvalue weighted by Gasteiger charge is 2.32. The van der Waals surface area contributed by atoms with Crippen LogP contribution in [0.2, 0.25) is 0 Å². The summed E-state index contributed by atoms with van der Waals surface area (Å²) in [7, 11) is 1.53. The van der Waals surface area contributed by atoms with E-state index in [-0.39, 0.29) is 22.9 Å². The van der Waals surface area contributed by atoms with Gasteiger partial charge >= 0.3 is 0 Å². The van der Waals surface area contributed by atoms with Gasteiger partial charge in [-0.15, -0.1) is 11.8 Å². The van der Waals surface area contributed by atoms with Crippen LogP contribution in [0.15, 0.2) is 24.3 Å². The third kappa shape index (κ3) is 3.26. The highest BCUT2D eigenvalue weighted by Crippen LogP contribution is 2.23. The molecule has 1 fully saturated rings. The van der Waals surface area contributed by atoms with E-state index in [0.717, 1.165) is 0 Å². The van der Waals surface area contributed by atoms with Crippen molar-refractivity contribution in [3.63, 3.8) is 0 Å². The maximum Gasteiger partial charge on any atom is 0.243 e. The minimum Gasteiger partial charge on any atom is -0.357 e. The Morgan fingerprint density at radius 1 is 1.53 bits per heavy atom. The van der Waals surface area contributed by atoms with Gasteiger partial charge in [0.1, 0.15) is 11.9 Å². The number of nitrogens with one attached hydrogen (secondary N) is 2. The minimum absolute atomic E-state index is 0.204. The molecule has 0 saturated carbocycles. The van der Waals surface area contributed by atoms with Gasteiger partial charge in [-0.25, -0.2) is 4.39 Å². The predicted octanol–water partition coefficient (Wildman–Crippen LogP) is 0.714. The molecule has 6 heteroatoms. The highest BCUT2D eigenvalue weighted by molar-refractivity contribution is 8.00. The van der Waals surface area contributed by atoms with Crippen LogP contribution in [-0.4, -0.2) is 35.9 Å². The first-order chi connectivity index (χ1) is 9.11. The zero-order chi connectivity index (χ0) is 13.8. The van der Waals surface area contributed by atoms with Crippen molar-refractivity contribution in [1.29, 1.82) is 0 Å². The van der Waals surface area contributed by atoms with Gasteiger partial charge in [-0.05, 0) is 18.1 Å². The summed E-state index contributed by atoms with van der Waals surface area (Å²) in [5.41, 5.74) is 0.522. The number of amides is 2. The average molecular weight is 282 g/mol. The smallest absolute Gasteiger partial charge is 0.243 e. The normalized spacial score (nSPS) is 22.7. The highest BCUT2D eigenvalue weighted by atomic mass is 32.2. The molecule has 1 aliphatic rings. The number of rotatable bonds is 3. The monoisotopic (exact) mass is 282 g/mol. The number of halogens is 1. The second kappa shape index (κ2) is 6.06. The van der Waals surface area contributed by atoms with Crippen LogP contribution in [0.5, 0.6) is 0 Å². The number of carbonyl (C=O) groups is 2. The lowest BCUT2D eigenvalue weighted by Crippen LogP contribution is -2.53. The van der Waals surface area contributed by atoms with E-state index in [1.54, 1.807) is 18.2 Å². The lowest BCUT2D eigenvalue weighted by Gasteiger charge is -2.27. The van der Waals surface area contributed by atoms with Crippen molar-refractivity contribution in [2.75, 3.05) is 12.8 Å². The van der Waals surface area contributed by atoms with Crippen LogP contribution in [0.25, 0.3) is 0 Å². The molecule has 0 aromatic heterocycles. The van der Waals surface area contributed by atoms with Gasteiger partial charge < -0.3 is 10.6 Å². The second-order valence-corrected chi connectivity index (χ2v) is 5.53. The molecule has 0 radical (unpaired) electrons. The first-order valence-electron chi connectivity index (χ1n) is 5.99. The van der Waals surface area contributed by atoms with E-state index in [4.69, 9.17) is 0 Å². The van der Waals surface area contributed by atoms with E-state index in [2.05, 4.69) is 10.6 Å². The van der Waals surface area contributed by atoms with E-state index in [1.165, 1.54) is 24.9 Å². The van der Waals surface area contributed by atoms with Crippen LogP contribution in [0, 0.1) is 5.82 Å². The van der Waals surface area contributed by atoms with Crippen molar-refractivity contribution in [1.82, 2.24) is 10.6 Å². The van der Waals surface area contributed by atoms with E-state index in [1.807, 2.05) is 0 Å². The maximum absolute atomic E-state index is 13.5. The van der Waals surface area contributed by atoms with Crippen LogP contribution in [-0.2, 0) is 16.0 Å². The molecular weight excluding hydrogens is 267 g/mol. The quantitative estimate of drug-likeness (QED) is 0.858. The zero-order valence-corrected chi connectivity index (χ0v) is 11.3. The molecule has 1 aliphatic heterocycles. The summed E-state index contributed by atoms with van der Waals surface area (Å²) in [4.78, 5) is 23.3. The zero-order valence-electron chi connectivity index (χ0n) is 10.5. The largest absolute Gasteiger partial charge is 0.357 e. The number of benzene rings is 1. The number of likely N-dealkylation sites (N-methyl/N-ethyl adjacent to an activating group) is 1. The molecule has 2 atom stereocenters. The molecule has 4 nitrogen and oxygen atoms in total. The Hall–Kier alpha value is -1.56. The Morgan fingerprint density at radius 3 is 2.89 bits per heavy atom. The third-order valence-corrected chi connectivity index (χ3v) is 4.31. The number of thioether (sulfide) groups is 1. The van der Waals surface area contributed by atoms with Crippen molar-refractivity contribution >= 4 is 23.6 Å². The summed E-state index contributed by atoms with van der Waals surface area (Å²) >= 11 is 1.39. The Kier molecular flexibility index (Phi) is 4.42. The van der Waals surface area contributed by atoms with Crippen LogP contribution in [0.3, 0.4) is 0 Å². The van der Waals surface area contributed by atoms with Gasteiger partial charge in [-0.3, -0.25) is 9.59 Å². The molecule has 2 amide bonds. The summed E-state index contributed by atoms with van der Waals surface area (Å²) in [6.45, 7) is 0. The van der Waals surface area contributed by atoms with Crippen LogP contribution >= 0.6 is 11.8 Å². The Balaban J connectivity index is 1.99. The molecule has 102 valence electrons. The van der Waals surface area contributed by atoms with Crippen molar-refractivity contribution in [2.24, 2.45) is 0 Å². The van der Waals surface area contributed by atoms with Crippen molar-refractivity contribution in [3.05, 3.63) is 35.6 Å². The Bertz CT molecular complexity index is 495. The van der Waals surface area contributed by atoms with Gasteiger partial charge in [0.2, 0.25) is 11.8 Å². The fraction of sp³-hybridized carbons (Fsp3) is 0.385. The van der Waals surface area contributed by atoms with E-state index >= 15 is 0 Å². The third-order valence-electron chi connectivity index (χ3n) is 3.00. The van der Waals surface area contributed by atoms with Crippen molar-refractivity contribution in [2.45, 2.75) is 17.7 Å². The second-order valence-electron chi connectivity index (χ2n) is 4.29. The lowest BCUT2D eigenvalue weighted by molar-refractivity contribution is -0.128. The summed E-state index contributed by atoms with van der Waals surface area (Å²) in [5.74, 6) is -0.215. The van der Waals surface area contributed by atoms with E-state index in [0.29, 0.717) is 17.7 Å². The molecule has 0 spiro atoms. The molecule has 1 saturated heterocycles. The summed E-state index contributed by atoms with van der Waals surface area (Å²) in [6, 6.07) is 5.92.